The molecule has 0 saturated carbocycles. The van der Waals surface area contributed by atoms with Crippen LogP contribution in [0, 0.1) is 0 Å². The van der Waals surface area contributed by atoms with Gasteiger partial charge in [-0.1, -0.05) is 11.6 Å². The minimum Gasteiger partial charge on any atom is -0.497 e. The third-order valence-electron chi connectivity index (χ3n) is 3.29. The van der Waals surface area contributed by atoms with Crippen LogP contribution in [0.2, 0.25) is 5.02 Å². The van der Waals surface area contributed by atoms with Crippen molar-refractivity contribution in [3.05, 3.63) is 53.1 Å². The monoisotopic (exact) mass is 389 g/mol. The molecule has 0 fully saturated rings. The van der Waals surface area contributed by atoms with Gasteiger partial charge >= 0.3 is 6.18 Å². The molecular formula is C17H15ClF3NO2S. The lowest BCUT2D eigenvalue weighted by atomic mass is 10.2. The normalized spacial score (nSPS) is 12.6. The first kappa shape index (κ1) is 19.5. The number of alkyl halides is 3. The molecule has 0 saturated heterocycles. The molecule has 0 spiro atoms. The molecule has 8 heteroatoms. The highest BCUT2D eigenvalue weighted by Crippen LogP contribution is 2.34. The summed E-state index contributed by atoms with van der Waals surface area (Å²) in [5.41, 5.74) is -0.939. The van der Waals surface area contributed by atoms with Crippen LogP contribution in [0.4, 0.5) is 18.9 Å². The fourth-order valence-corrected chi connectivity index (χ4v) is 2.98. The van der Waals surface area contributed by atoms with Crippen molar-refractivity contribution < 1.29 is 22.7 Å². The van der Waals surface area contributed by atoms with Crippen LogP contribution >= 0.6 is 23.4 Å². The summed E-state index contributed by atoms with van der Waals surface area (Å²) in [4.78, 5) is 13.1. The van der Waals surface area contributed by atoms with Gasteiger partial charge in [0.1, 0.15) is 5.75 Å². The Labute approximate surface area is 152 Å². The van der Waals surface area contributed by atoms with Crippen molar-refractivity contribution in [2.24, 2.45) is 0 Å². The quantitative estimate of drug-likeness (QED) is 0.687. The standard InChI is InChI=1S/C17H15ClF3NO2S/c1-10(25-13-6-4-12(24-2)5-7-13)16(23)22-15-9-11(17(19,20)21)3-8-14(15)18/h3-10H,1-2H3,(H,22,23). The summed E-state index contributed by atoms with van der Waals surface area (Å²) in [5, 5.41) is 1.96. The number of nitrogens with one attached hydrogen (secondary N) is 1. The van der Waals surface area contributed by atoms with Crippen LogP contribution in [0.25, 0.3) is 0 Å². The Bertz CT molecular complexity index is 751. The van der Waals surface area contributed by atoms with Gasteiger partial charge in [0.2, 0.25) is 5.91 Å². The van der Waals surface area contributed by atoms with Gasteiger partial charge in [-0.15, -0.1) is 11.8 Å². The molecular weight excluding hydrogens is 375 g/mol. The molecule has 2 aromatic rings. The predicted octanol–water partition coefficient (Wildman–Crippen LogP) is 5.49. The summed E-state index contributed by atoms with van der Waals surface area (Å²) in [5.74, 6) is 0.249. The number of halogens is 4. The van der Waals surface area contributed by atoms with Gasteiger partial charge in [-0.25, -0.2) is 0 Å². The summed E-state index contributed by atoms with van der Waals surface area (Å²) < 4.78 is 43.4. The number of ether oxygens (including phenoxy) is 1. The molecule has 0 aliphatic heterocycles. The summed E-state index contributed by atoms with van der Waals surface area (Å²) in [6, 6.07) is 9.92. The third kappa shape index (κ3) is 5.31. The van der Waals surface area contributed by atoms with Gasteiger partial charge in [0.25, 0.3) is 0 Å². The van der Waals surface area contributed by atoms with Crippen LogP contribution in [-0.2, 0) is 11.0 Å². The highest BCUT2D eigenvalue weighted by atomic mass is 35.5. The summed E-state index contributed by atoms with van der Waals surface area (Å²) >= 11 is 7.16. The van der Waals surface area contributed by atoms with E-state index in [1.165, 1.54) is 11.8 Å². The lowest BCUT2D eigenvalue weighted by Gasteiger charge is -2.15. The number of amides is 1. The fourth-order valence-electron chi connectivity index (χ4n) is 1.94. The lowest BCUT2D eigenvalue weighted by molar-refractivity contribution is -0.137. The minimum atomic E-state index is -4.51. The van der Waals surface area contributed by atoms with Gasteiger partial charge in [-0.05, 0) is 49.4 Å². The molecule has 1 N–H and O–H groups in total. The number of hydrogen-bond donors (Lipinski definition) is 1. The van der Waals surface area contributed by atoms with Gasteiger partial charge in [-0.2, -0.15) is 13.2 Å². The van der Waals surface area contributed by atoms with Gasteiger partial charge in [0, 0.05) is 4.90 Å². The second-order valence-corrected chi connectivity index (χ2v) is 6.94. The molecule has 134 valence electrons. The molecule has 0 bridgehead atoms. The molecule has 0 aliphatic rings. The maximum absolute atomic E-state index is 12.8. The molecule has 0 radical (unpaired) electrons. The van der Waals surface area contributed by atoms with Crippen LogP contribution < -0.4 is 10.1 Å². The van der Waals surface area contributed by atoms with E-state index in [0.717, 1.165) is 23.1 Å². The van der Waals surface area contributed by atoms with Crippen LogP contribution in [0.5, 0.6) is 5.75 Å². The topological polar surface area (TPSA) is 38.3 Å². The Morgan fingerprint density at radius 2 is 1.84 bits per heavy atom. The largest absolute Gasteiger partial charge is 0.497 e. The van der Waals surface area contributed by atoms with E-state index in [2.05, 4.69) is 5.32 Å². The maximum Gasteiger partial charge on any atom is 0.416 e. The maximum atomic E-state index is 12.8. The highest BCUT2D eigenvalue weighted by Gasteiger charge is 2.31. The first-order valence-electron chi connectivity index (χ1n) is 7.19. The molecule has 1 unspecified atom stereocenters. The molecule has 3 nitrogen and oxygen atoms in total. The molecule has 0 aliphatic carbocycles. The van der Waals surface area contributed by atoms with Crippen LogP contribution in [0.3, 0.4) is 0 Å². The Morgan fingerprint density at radius 3 is 2.40 bits per heavy atom. The predicted molar refractivity (Wildman–Crippen MR) is 93.4 cm³/mol. The van der Waals surface area contributed by atoms with E-state index in [0.29, 0.717) is 5.75 Å². The van der Waals surface area contributed by atoms with Crippen molar-refractivity contribution in [2.75, 3.05) is 12.4 Å². The molecule has 2 rings (SSSR count). The first-order valence-corrected chi connectivity index (χ1v) is 8.45. The number of methoxy groups -OCH3 is 1. The Hall–Kier alpha value is -1.86. The smallest absolute Gasteiger partial charge is 0.416 e. The van der Waals surface area contributed by atoms with E-state index >= 15 is 0 Å². The van der Waals surface area contributed by atoms with Gasteiger partial charge in [0.15, 0.2) is 0 Å². The van der Waals surface area contributed by atoms with Crippen LogP contribution in [0.15, 0.2) is 47.4 Å². The van der Waals surface area contributed by atoms with Crippen molar-refractivity contribution in [1.29, 1.82) is 0 Å². The Morgan fingerprint density at radius 1 is 1.20 bits per heavy atom. The molecule has 0 heterocycles. The van der Waals surface area contributed by atoms with E-state index in [4.69, 9.17) is 16.3 Å². The first-order chi connectivity index (χ1) is 11.7. The van der Waals surface area contributed by atoms with E-state index in [1.807, 2.05) is 0 Å². The number of carbonyl (C=O) groups excluding carboxylic acids is 1. The number of benzene rings is 2. The van der Waals surface area contributed by atoms with Crippen molar-refractivity contribution in [1.82, 2.24) is 0 Å². The average Bonchev–Trinajstić information content (AvgIpc) is 2.56. The zero-order valence-corrected chi connectivity index (χ0v) is 14.9. The van der Waals surface area contributed by atoms with E-state index in [9.17, 15) is 18.0 Å². The summed E-state index contributed by atoms with van der Waals surface area (Å²) in [7, 11) is 1.55. The van der Waals surface area contributed by atoms with Gasteiger partial charge in [0.05, 0.1) is 28.6 Å². The van der Waals surface area contributed by atoms with Crippen molar-refractivity contribution in [3.8, 4) is 5.75 Å². The molecule has 0 aromatic heterocycles. The highest BCUT2D eigenvalue weighted by molar-refractivity contribution is 8.00. The number of hydrogen-bond acceptors (Lipinski definition) is 3. The molecule has 1 amide bonds. The third-order valence-corrected chi connectivity index (χ3v) is 4.73. The van der Waals surface area contributed by atoms with Gasteiger partial charge in [-0.3, -0.25) is 4.79 Å². The number of rotatable bonds is 5. The zero-order valence-electron chi connectivity index (χ0n) is 13.4. The Kier molecular flexibility index (Phi) is 6.24. The number of carbonyl (C=O) groups is 1. The summed E-state index contributed by atoms with van der Waals surface area (Å²) in [6.45, 7) is 1.66. The Balaban J connectivity index is 2.07. The lowest BCUT2D eigenvalue weighted by Crippen LogP contribution is -2.22. The SMILES string of the molecule is COc1ccc(SC(C)C(=O)Nc2cc(C(F)(F)F)ccc2Cl)cc1. The minimum absolute atomic E-state index is 0.0444. The number of thioether (sulfide) groups is 1. The van der Waals surface area contributed by atoms with Crippen molar-refractivity contribution in [2.45, 2.75) is 23.2 Å². The zero-order chi connectivity index (χ0) is 18.6. The molecule has 25 heavy (non-hydrogen) atoms. The van der Waals surface area contributed by atoms with Crippen molar-refractivity contribution >= 4 is 35.0 Å². The molecule has 2 aromatic carbocycles. The van der Waals surface area contributed by atoms with E-state index in [1.54, 1.807) is 38.3 Å². The summed E-state index contributed by atoms with van der Waals surface area (Å²) in [6.07, 6.45) is -4.51. The van der Waals surface area contributed by atoms with Crippen LogP contribution in [-0.4, -0.2) is 18.3 Å². The average molecular weight is 390 g/mol. The van der Waals surface area contributed by atoms with E-state index < -0.39 is 22.9 Å². The van der Waals surface area contributed by atoms with E-state index in [-0.39, 0.29) is 10.7 Å². The number of anilines is 1. The van der Waals surface area contributed by atoms with Gasteiger partial charge < -0.3 is 10.1 Å². The van der Waals surface area contributed by atoms with Crippen LogP contribution in [0.1, 0.15) is 12.5 Å². The van der Waals surface area contributed by atoms with Crippen molar-refractivity contribution in [3.63, 3.8) is 0 Å². The second-order valence-electron chi connectivity index (χ2n) is 5.12. The molecule has 1 atom stereocenters. The fraction of sp³-hybridized carbons (Fsp3) is 0.235. The second kappa shape index (κ2) is 8.01.